The maximum absolute atomic E-state index is 13.0. The summed E-state index contributed by atoms with van der Waals surface area (Å²) >= 11 is 0. The number of carbonyl (C=O) groups excluding carboxylic acids is 1. The molecular formula is C18H22N2O4S. The van der Waals surface area contributed by atoms with Crippen LogP contribution in [0.1, 0.15) is 20.8 Å². The Labute approximate surface area is 148 Å². The second kappa shape index (κ2) is 8.02. The number of benzene rings is 2. The molecule has 0 fully saturated rings. The Morgan fingerprint density at radius 2 is 1.72 bits per heavy atom. The van der Waals surface area contributed by atoms with Crippen molar-refractivity contribution in [2.45, 2.75) is 25.7 Å². The molecule has 1 N–H and O–H groups in total. The van der Waals surface area contributed by atoms with E-state index >= 15 is 0 Å². The smallest absolute Gasteiger partial charge is 0.264 e. The van der Waals surface area contributed by atoms with Crippen molar-refractivity contribution >= 4 is 27.3 Å². The van der Waals surface area contributed by atoms with E-state index in [0.29, 0.717) is 23.7 Å². The van der Waals surface area contributed by atoms with Crippen LogP contribution in [0, 0.1) is 0 Å². The van der Waals surface area contributed by atoms with Gasteiger partial charge < -0.3 is 10.1 Å². The summed E-state index contributed by atoms with van der Waals surface area (Å²) in [5, 5.41) is 2.62. The van der Waals surface area contributed by atoms with Gasteiger partial charge >= 0.3 is 0 Å². The quantitative estimate of drug-likeness (QED) is 0.820. The average Bonchev–Trinajstić information content (AvgIpc) is 2.57. The number of ether oxygens (including phenoxy) is 1. The second-order valence-corrected chi connectivity index (χ2v) is 7.14. The molecule has 2 aromatic rings. The van der Waals surface area contributed by atoms with Crippen molar-refractivity contribution in [2.75, 3.05) is 22.8 Å². The first-order chi connectivity index (χ1) is 11.9. The van der Waals surface area contributed by atoms with Gasteiger partial charge in [0.25, 0.3) is 10.0 Å². The van der Waals surface area contributed by atoms with E-state index in [9.17, 15) is 13.2 Å². The topological polar surface area (TPSA) is 75.7 Å². The van der Waals surface area contributed by atoms with Crippen molar-refractivity contribution in [3.63, 3.8) is 0 Å². The number of rotatable bonds is 7. The number of nitrogens with zero attached hydrogens (tertiary/aromatic N) is 1. The summed E-state index contributed by atoms with van der Waals surface area (Å²) in [5.41, 5.74) is 1.04. The highest BCUT2D eigenvalue weighted by Crippen LogP contribution is 2.32. The van der Waals surface area contributed by atoms with Crippen LogP contribution in [0.15, 0.2) is 53.4 Å². The number of carbonyl (C=O) groups is 1. The molecule has 25 heavy (non-hydrogen) atoms. The van der Waals surface area contributed by atoms with E-state index in [-0.39, 0.29) is 17.3 Å². The van der Waals surface area contributed by atoms with Crippen molar-refractivity contribution in [3.8, 4) is 5.75 Å². The molecule has 0 aliphatic rings. The van der Waals surface area contributed by atoms with Gasteiger partial charge in [-0.2, -0.15) is 0 Å². The van der Waals surface area contributed by atoms with Gasteiger partial charge in [0.2, 0.25) is 5.91 Å². The summed E-state index contributed by atoms with van der Waals surface area (Å²) in [4.78, 5) is 11.2. The molecule has 134 valence electrons. The summed E-state index contributed by atoms with van der Waals surface area (Å²) in [6.45, 7) is 5.72. The lowest BCUT2D eigenvalue weighted by Gasteiger charge is -2.25. The van der Waals surface area contributed by atoms with Gasteiger partial charge in [-0.1, -0.05) is 12.1 Å². The van der Waals surface area contributed by atoms with Gasteiger partial charge in [0.05, 0.1) is 17.2 Å². The van der Waals surface area contributed by atoms with Crippen molar-refractivity contribution in [1.82, 2.24) is 0 Å². The Morgan fingerprint density at radius 1 is 1.08 bits per heavy atom. The molecule has 0 saturated carbocycles. The zero-order chi connectivity index (χ0) is 18.4. The van der Waals surface area contributed by atoms with Crippen LogP contribution in [0.3, 0.4) is 0 Å². The first kappa shape index (κ1) is 18.8. The molecular weight excluding hydrogens is 340 g/mol. The standard InChI is InChI=1S/C18H22N2O4S/c1-4-20(17-8-6-7-9-18(17)24-5-2)25(22,23)16-12-10-15(11-13-16)19-14(3)21/h6-13H,4-5H2,1-3H3,(H,19,21). The minimum absolute atomic E-state index is 0.148. The van der Waals surface area contributed by atoms with Crippen molar-refractivity contribution in [1.29, 1.82) is 0 Å². The minimum Gasteiger partial charge on any atom is -0.492 e. The number of sulfonamides is 1. The Morgan fingerprint density at radius 3 is 2.28 bits per heavy atom. The number of nitrogens with one attached hydrogen (secondary N) is 1. The maximum Gasteiger partial charge on any atom is 0.264 e. The van der Waals surface area contributed by atoms with Gasteiger partial charge in [-0.05, 0) is 50.2 Å². The zero-order valence-electron chi connectivity index (χ0n) is 14.5. The van der Waals surface area contributed by atoms with E-state index in [0.717, 1.165) is 0 Å². The number of hydrogen-bond acceptors (Lipinski definition) is 4. The van der Waals surface area contributed by atoms with Gasteiger partial charge in [-0.25, -0.2) is 8.42 Å². The summed E-state index contributed by atoms with van der Waals surface area (Å²) in [6, 6.07) is 13.1. The number of anilines is 2. The summed E-state index contributed by atoms with van der Waals surface area (Å²) in [7, 11) is -3.75. The van der Waals surface area contributed by atoms with Gasteiger partial charge in [0, 0.05) is 19.2 Å². The first-order valence-corrected chi connectivity index (χ1v) is 9.46. The molecule has 2 rings (SSSR count). The zero-order valence-corrected chi connectivity index (χ0v) is 15.3. The molecule has 0 heterocycles. The highest BCUT2D eigenvalue weighted by Gasteiger charge is 2.25. The van der Waals surface area contributed by atoms with Crippen molar-refractivity contribution < 1.29 is 17.9 Å². The fourth-order valence-corrected chi connectivity index (χ4v) is 3.94. The first-order valence-electron chi connectivity index (χ1n) is 8.02. The van der Waals surface area contributed by atoms with Gasteiger partial charge in [0.1, 0.15) is 5.75 Å². The molecule has 7 heteroatoms. The van der Waals surface area contributed by atoms with Crippen LogP contribution >= 0.6 is 0 Å². The minimum atomic E-state index is -3.75. The lowest BCUT2D eigenvalue weighted by atomic mass is 10.3. The average molecular weight is 362 g/mol. The molecule has 0 unspecified atom stereocenters. The van der Waals surface area contributed by atoms with Crippen LogP contribution in [0.2, 0.25) is 0 Å². The molecule has 0 spiro atoms. The highest BCUT2D eigenvalue weighted by molar-refractivity contribution is 7.92. The Bertz CT molecular complexity index is 832. The molecule has 0 aliphatic carbocycles. The normalized spacial score (nSPS) is 11.0. The molecule has 0 radical (unpaired) electrons. The van der Waals surface area contributed by atoms with Crippen LogP contribution in [0.5, 0.6) is 5.75 Å². The van der Waals surface area contributed by atoms with Crippen LogP contribution in [-0.2, 0) is 14.8 Å². The number of para-hydroxylation sites is 2. The van der Waals surface area contributed by atoms with E-state index in [4.69, 9.17) is 4.74 Å². The van der Waals surface area contributed by atoms with Crippen LogP contribution in [0.4, 0.5) is 11.4 Å². The summed E-state index contributed by atoms with van der Waals surface area (Å²) in [5.74, 6) is 0.307. The van der Waals surface area contributed by atoms with Crippen LogP contribution in [0.25, 0.3) is 0 Å². The van der Waals surface area contributed by atoms with Gasteiger partial charge in [-0.15, -0.1) is 0 Å². The SMILES string of the molecule is CCOc1ccccc1N(CC)S(=O)(=O)c1ccc(NC(C)=O)cc1. The molecule has 0 aliphatic heterocycles. The largest absolute Gasteiger partial charge is 0.492 e. The fourth-order valence-electron chi connectivity index (χ4n) is 2.45. The Hall–Kier alpha value is -2.54. The Balaban J connectivity index is 2.41. The van der Waals surface area contributed by atoms with E-state index in [1.165, 1.54) is 23.4 Å². The molecule has 0 atom stereocenters. The lowest BCUT2D eigenvalue weighted by molar-refractivity contribution is -0.114. The molecule has 0 bridgehead atoms. The van der Waals surface area contributed by atoms with Gasteiger partial charge in [-0.3, -0.25) is 9.10 Å². The Kier molecular flexibility index (Phi) is 6.03. The lowest BCUT2D eigenvalue weighted by Crippen LogP contribution is -2.31. The van der Waals surface area contributed by atoms with Crippen molar-refractivity contribution in [2.24, 2.45) is 0 Å². The van der Waals surface area contributed by atoms with E-state index in [2.05, 4.69) is 5.32 Å². The van der Waals surface area contributed by atoms with Crippen LogP contribution < -0.4 is 14.4 Å². The monoisotopic (exact) mass is 362 g/mol. The predicted octanol–water partition coefficient (Wildman–Crippen LogP) is 3.26. The number of amides is 1. The maximum atomic E-state index is 13.0. The predicted molar refractivity (Wildman–Crippen MR) is 98.6 cm³/mol. The molecule has 2 aromatic carbocycles. The summed E-state index contributed by atoms with van der Waals surface area (Å²) in [6.07, 6.45) is 0. The third kappa shape index (κ3) is 4.30. The highest BCUT2D eigenvalue weighted by atomic mass is 32.2. The fraction of sp³-hybridized carbons (Fsp3) is 0.278. The van der Waals surface area contributed by atoms with E-state index in [1.807, 2.05) is 6.92 Å². The molecule has 6 nitrogen and oxygen atoms in total. The molecule has 1 amide bonds. The van der Waals surface area contributed by atoms with Crippen LogP contribution in [-0.4, -0.2) is 27.5 Å². The van der Waals surface area contributed by atoms with E-state index in [1.54, 1.807) is 43.3 Å². The molecule has 0 saturated heterocycles. The van der Waals surface area contributed by atoms with Gasteiger partial charge in [0.15, 0.2) is 0 Å². The third-order valence-corrected chi connectivity index (χ3v) is 5.39. The van der Waals surface area contributed by atoms with E-state index < -0.39 is 10.0 Å². The number of hydrogen-bond donors (Lipinski definition) is 1. The molecule has 0 aromatic heterocycles. The second-order valence-electron chi connectivity index (χ2n) is 5.28. The van der Waals surface area contributed by atoms with Crippen molar-refractivity contribution in [3.05, 3.63) is 48.5 Å². The third-order valence-electron chi connectivity index (χ3n) is 3.48. The summed E-state index contributed by atoms with van der Waals surface area (Å²) < 4.78 is 32.9.